The summed E-state index contributed by atoms with van der Waals surface area (Å²) in [5.41, 5.74) is 3.03. The summed E-state index contributed by atoms with van der Waals surface area (Å²) < 4.78 is 28.8. The molecule has 2 saturated heterocycles. The van der Waals surface area contributed by atoms with Crippen LogP contribution in [0.3, 0.4) is 0 Å². The van der Waals surface area contributed by atoms with Gasteiger partial charge in [-0.15, -0.1) is 0 Å². The number of hydrogen-bond donors (Lipinski definition) is 0. The highest BCUT2D eigenvalue weighted by atomic mass is 16.6. The molecule has 7 rings (SSSR count). The van der Waals surface area contributed by atoms with E-state index in [4.69, 9.17) is 23.4 Å². The quantitative estimate of drug-likeness (QED) is 0.232. The van der Waals surface area contributed by atoms with Gasteiger partial charge in [0.15, 0.2) is 0 Å². The van der Waals surface area contributed by atoms with E-state index in [0.717, 1.165) is 68.4 Å². The van der Waals surface area contributed by atoms with Crippen molar-refractivity contribution in [3.63, 3.8) is 0 Å². The van der Waals surface area contributed by atoms with Crippen LogP contribution in [0, 0.1) is 0 Å². The Morgan fingerprint density at radius 1 is 0.697 bits per heavy atom. The van der Waals surface area contributed by atoms with Crippen LogP contribution in [-0.2, 0) is 9.47 Å². The zero-order valence-electron chi connectivity index (χ0n) is 18.0. The normalized spacial score (nSPS) is 19.3. The lowest BCUT2D eigenvalue weighted by atomic mass is 9.94. The van der Waals surface area contributed by atoms with Gasteiger partial charge in [0.1, 0.15) is 42.5 Å². The van der Waals surface area contributed by atoms with Crippen molar-refractivity contribution in [2.75, 3.05) is 26.4 Å². The lowest BCUT2D eigenvalue weighted by Crippen LogP contribution is -2.04. The molecule has 3 heterocycles. The van der Waals surface area contributed by atoms with E-state index >= 15 is 0 Å². The standard InChI is InChI=1S/C28H22O5/c1-2-5-22-21(4-1)26-23(6-3-7-25(26)32-15-20-14-31-20)27-24(16-33-28(22)27)17-8-10-18(11-9-17)29-12-19-13-30-19/h1-11,16,19-20H,12-15H2. The molecule has 0 N–H and O–H groups in total. The first-order chi connectivity index (χ1) is 16.3. The van der Waals surface area contributed by atoms with Crippen LogP contribution in [-0.4, -0.2) is 38.6 Å². The van der Waals surface area contributed by atoms with Crippen molar-refractivity contribution in [1.29, 1.82) is 0 Å². The number of furan rings is 1. The van der Waals surface area contributed by atoms with Gasteiger partial charge in [-0.3, -0.25) is 0 Å². The van der Waals surface area contributed by atoms with Gasteiger partial charge >= 0.3 is 0 Å². The highest BCUT2D eigenvalue weighted by Gasteiger charge is 2.25. The molecule has 1 aromatic heterocycles. The Kier molecular flexibility index (Phi) is 4.32. The molecule has 0 radical (unpaired) electrons. The number of rotatable bonds is 7. The number of fused-ring (bicyclic) bond motifs is 6. The second kappa shape index (κ2) is 7.51. The van der Waals surface area contributed by atoms with Crippen LogP contribution in [0.4, 0.5) is 0 Å². The SMILES string of the molecule is c1ccc2c(c1)c1occ(-c3ccc(OCC4CO4)cc3)c1c1cccc(OCC3CO3)c21. The average molecular weight is 438 g/mol. The minimum Gasteiger partial charge on any atom is -0.491 e. The van der Waals surface area contributed by atoms with Crippen LogP contribution in [0.1, 0.15) is 0 Å². The number of epoxide rings is 2. The minimum absolute atomic E-state index is 0.201. The van der Waals surface area contributed by atoms with E-state index in [0.29, 0.717) is 13.2 Å². The molecule has 5 aromatic rings. The van der Waals surface area contributed by atoms with Gasteiger partial charge in [0, 0.05) is 21.7 Å². The summed E-state index contributed by atoms with van der Waals surface area (Å²) in [6.07, 6.45) is 2.30. The smallest absolute Gasteiger partial charge is 0.142 e. The summed E-state index contributed by atoms with van der Waals surface area (Å²) in [7, 11) is 0. The highest BCUT2D eigenvalue weighted by molar-refractivity contribution is 6.28. The molecule has 2 aliphatic heterocycles. The maximum absolute atomic E-state index is 6.21. The third kappa shape index (κ3) is 3.41. The van der Waals surface area contributed by atoms with Gasteiger partial charge in [0.2, 0.25) is 0 Å². The van der Waals surface area contributed by atoms with Crippen LogP contribution >= 0.6 is 0 Å². The van der Waals surface area contributed by atoms with Crippen molar-refractivity contribution in [3.8, 4) is 22.6 Å². The molecule has 5 heteroatoms. The zero-order valence-corrected chi connectivity index (χ0v) is 18.0. The summed E-state index contributed by atoms with van der Waals surface area (Å²) >= 11 is 0. The van der Waals surface area contributed by atoms with Crippen molar-refractivity contribution in [2.45, 2.75) is 12.2 Å². The maximum atomic E-state index is 6.21. The summed E-state index contributed by atoms with van der Waals surface area (Å²) in [6, 6.07) is 22.8. The van der Waals surface area contributed by atoms with E-state index < -0.39 is 0 Å². The van der Waals surface area contributed by atoms with Gasteiger partial charge in [-0.25, -0.2) is 0 Å². The molecule has 2 aliphatic rings. The molecule has 2 atom stereocenters. The van der Waals surface area contributed by atoms with Crippen molar-refractivity contribution < 1.29 is 23.4 Å². The molecule has 5 nitrogen and oxygen atoms in total. The Morgan fingerprint density at radius 2 is 1.39 bits per heavy atom. The second-order valence-corrected chi connectivity index (χ2v) is 8.63. The second-order valence-electron chi connectivity index (χ2n) is 8.63. The Hall–Kier alpha value is -3.54. The van der Waals surface area contributed by atoms with E-state index in [1.807, 2.05) is 36.6 Å². The fourth-order valence-electron chi connectivity index (χ4n) is 4.50. The van der Waals surface area contributed by atoms with Crippen LogP contribution in [0.15, 0.2) is 77.4 Å². The molecule has 2 fully saturated rings. The molecule has 0 saturated carbocycles. The summed E-state index contributed by atoms with van der Waals surface area (Å²) in [5, 5.41) is 5.52. The molecule has 0 spiro atoms. The predicted octanol–water partition coefficient (Wildman–Crippen LogP) is 5.96. The van der Waals surface area contributed by atoms with Crippen LogP contribution < -0.4 is 9.47 Å². The van der Waals surface area contributed by atoms with Crippen molar-refractivity contribution in [1.82, 2.24) is 0 Å². The summed E-state index contributed by atoms with van der Waals surface area (Å²) in [5.74, 6) is 1.72. The van der Waals surface area contributed by atoms with Gasteiger partial charge in [0.25, 0.3) is 0 Å². The largest absolute Gasteiger partial charge is 0.491 e. The molecule has 0 bridgehead atoms. The minimum atomic E-state index is 0.201. The molecule has 164 valence electrons. The Morgan fingerprint density at radius 3 is 2.15 bits per heavy atom. The monoisotopic (exact) mass is 438 g/mol. The van der Waals surface area contributed by atoms with Crippen LogP contribution in [0.5, 0.6) is 11.5 Å². The Bertz CT molecular complexity index is 1480. The first-order valence-corrected chi connectivity index (χ1v) is 11.3. The molecule has 33 heavy (non-hydrogen) atoms. The first kappa shape index (κ1) is 19.0. The Balaban J connectivity index is 1.39. The van der Waals surface area contributed by atoms with E-state index in [2.05, 4.69) is 36.4 Å². The van der Waals surface area contributed by atoms with Crippen molar-refractivity contribution in [2.24, 2.45) is 0 Å². The Labute approximate surface area is 190 Å². The third-order valence-corrected chi connectivity index (χ3v) is 6.36. The molecular formula is C28H22O5. The van der Waals surface area contributed by atoms with Gasteiger partial charge in [-0.1, -0.05) is 48.5 Å². The average Bonchev–Trinajstić information content (AvgIpc) is 3.80. The molecule has 0 aliphatic carbocycles. The van der Waals surface area contributed by atoms with Crippen LogP contribution in [0.25, 0.3) is 43.6 Å². The summed E-state index contributed by atoms with van der Waals surface area (Å²) in [4.78, 5) is 0. The fraction of sp³-hybridized carbons (Fsp3) is 0.214. The van der Waals surface area contributed by atoms with Crippen molar-refractivity contribution >= 4 is 32.5 Å². The van der Waals surface area contributed by atoms with Crippen LogP contribution in [0.2, 0.25) is 0 Å². The van der Waals surface area contributed by atoms with Crippen molar-refractivity contribution in [3.05, 3.63) is 73.0 Å². The maximum Gasteiger partial charge on any atom is 0.142 e. The highest BCUT2D eigenvalue weighted by Crippen LogP contribution is 2.44. The first-order valence-electron chi connectivity index (χ1n) is 11.3. The zero-order chi connectivity index (χ0) is 21.8. The fourth-order valence-corrected chi connectivity index (χ4v) is 4.50. The molecule has 2 unspecified atom stereocenters. The van der Waals surface area contributed by atoms with Gasteiger partial charge in [-0.2, -0.15) is 0 Å². The van der Waals surface area contributed by atoms with Gasteiger partial charge in [-0.05, 0) is 34.5 Å². The molecule has 4 aromatic carbocycles. The van der Waals surface area contributed by atoms with Gasteiger partial charge in [0.05, 0.1) is 19.5 Å². The number of hydrogen-bond acceptors (Lipinski definition) is 5. The molecular weight excluding hydrogens is 416 g/mol. The lowest BCUT2D eigenvalue weighted by Gasteiger charge is -2.13. The van der Waals surface area contributed by atoms with E-state index in [1.54, 1.807) is 0 Å². The van der Waals surface area contributed by atoms with E-state index in [-0.39, 0.29) is 12.2 Å². The lowest BCUT2D eigenvalue weighted by molar-refractivity contribution is 0.263. The molecule has 0 amide bonds. The topological polar surface area (TPSA) is 56.7 Å². The summed E-state index contributed by atoms with van der Waals surface area (Å²) in [6.45, 7) is 2.73. The predicted molar refractivity (Wildman–Crippen MR) is 127 cm³/mol. The third-order valence-electron chi connectivity index (χ3n) is 6.36. The van der Waals surface area contributed by atoms with E-state index in [1.165, 1.54) is 0 Å². The van der Waals surface area contributed by atoms with Gasteiger partial charge < -0.3 is 23.4 Å². The number of benzene rings is 4. The van der Waals surface area contributed by atoms with E-state index in [9.17, 15) is 0 Å². The number of ether oxygens (including phenoxy) is 4.